The van der Waals surface area contributed by atoms with Crippen LogP contribution in [0, 0.1) is 0 Å². The van der Waals surface area contributed by atoms with Gasteiger partial charge in [0.25, 0.3) is 5.91 Å². The van der Waals surface area contributed by atoms with Gasteiger partial charge in [0.2, 0.25) is 0 Å². The van der Waals surface area contributed by atoms with Gasteiger partial charge >= 0.3 is 6.18 Å². The van der Waals surface area contributed by atoms with Crippen molar-refractivity contribution >= 4 is 33.4 Å². The average Bonchev–Trinajstić information content (AvgIpc) is 3.35. The molecule has 0 unspecified atom stereocenters. The van der Waals surface area contributed by atoms with Crippen LogP contribution in [0.4, 0.5) is 18.9 Å². The van der Waals surface area contributed by atoms with E-state index in [0.717, 1.165) is 10.9 Å². The maximum Gasteiger partial charge on any atom is 0.435 e. The van der Waals surface area contributed by atoms with Crippen molar-refractivity contribution < 1.29 is 23.1 Å². The highest BCUT2D eigenvalue weighted by molar-refractivity contribution is 6.00. The van der Waals surface area contributed by atoms with Crippen LogP contribution in [0.2, 0.25) is 0 Å². The molecule has 0 saturated heterocycles. The molecule has 11 heteroatoms. The number of carbonyl (C=O) groups is 1. The van der Waals surface area contributed by atoms with Crippen molar-refractivity contribution in [3.8, 4) is 16.8 Å². The van der Waals surface area contributed by atoms with Gasteiger partial charge in [-0.25, -0.2) is 9.67 Å². The second-order valence-corrected chi connectivity index (χ2v) is 9.98. The second-order valence-electron chi connectivity index (χ2n) is 9.98. The van der Waals surface area contributed by atoms with Gasteiger partial charge in [-0.15, -0.1) is 0 Å². The minimum Gasteiger partial charge on any atom is -0.393 e. The second kappa shape index (κ2) is 9.91. The van der Waals surface area contributed by atoms with Gasteiger partial charge in [-0.1, -0.05) is 30.3 Å². The summed E-state index contributed by atoms with van der Waals surface area (Å²) in [6.45, 7) is 0. The summed E-state index contributed by atoms with van der Waals surface area (Å²) < 4.78 is 44.3. The number of fused-ring (bicyclic) bond motifs is 2. The zero-order valence-corrected chi connectivity index (χ0v) is 21.2. The zero-order chi connectivity index (χ0) is 28.0. The monoisotopic (exact) mass is 546 g/mol. The van der Waals surface area contributed by atoms with Gasteiger partial charge in [-0.05, 0) is 55.5 Å². The lowest BCUT2D eigenvalue weighted by molar-refractivity contribution is -0.140. The largest absolute Gasteiger partial charge is 0.435 e. The lowest BCUT2D eigenvalue weighted by atomic mass is 9.93. The van der Waals surface area contributed by atoms with E-state index >= 15 is 0 Å². The summed E-state index contributed by atoms with van der Waals surface area (Å²) in [5.74, 6) is -0.766. The molecule has 0 atom stereocenters. The number of para-hydroxylation sites is 1. The third-order valence-corrected chi connectivity index (χ3v) is 7.29. The highest BCUT2D eigenvalue weighted by atomic mass is 19.4. The number of anilines is 1. The average molecular weight is 547 g/mol. The summed E-state index contributed by atoms with van der Waals surface area (Å²) in [6, 6.07) is 15.5. The number of alkyl halides is 3. The number of rotatable bonds is 5. The maximum atomic E-state index is 14.4. The first-order chi connectivity index (χ1) is 19.2. The molecule has 3 aromatic heterocycles. The highest BCUT2D eigenvalue weighted by Gasteiger charge is 2.38. The molecule has 2 aromatic carbocycles. The Bertz CT molecular complexity index is 1740. The number of aliphatic hydroxyl groups is 1. The molecule has 0 radical (unpaired) electrons. The SMILES string of the molecule is NC(=O)c1ncc(-n2nc(C(F)(F)F)c3c(-c4cnc5ccccc5c4)cccc32)cc1NC1CCC(O)CC1. The van der Waals surface area contributed by atoms with Gasteiger partial charge in [0, 0.05) is 28.6 Å². The quantitative estimate of drug-likeness (QED) is 0.269. The predicted octanol–water partition coefficient (Wildman–Crippen LogP) is 5.47. The van der Waals surface area contributed by atoms with E-state index in [0.29, 0.717) is 42.5 Å². The lowest BCUT2D eigenvalue weighted by Crippen LogP contribution is -2.29. The molecular weight excluding hydrogens is 521 g/mol. The number of nitrogens with two attached hydrogens (primary N) is 1. The number of hydrogen-bond acceptors (Lipinski definition) is 6. The molecule has 3 heterocycles. The minimum atomic E-state index is -4.74. The summed E-state index contributed by atoms with van der Waals surface area (Å²) in [4.78, 5) is 20.7. The lowest BCUT2D eigenvalue weighted by Gasteiger charge is -2.27. The van der Waals surface area contributed by atoms with Gasteiger partial charge in [0.15, 0.2) is 11.4 Å². The van der Waals surface area contributed by atoms with Crippen LogP contribution in [0.5, 0.6) is 0 Å². The minimum absolute atomic E-state index is 0.0229. The fourth-order valence-electron chi connectivity index (χ4n) is 5.34. The number of aliphatic hydroxyl groups excluding tert-OH is 1. The fourth-order valence-corrected chi connectivity index (χ4v) is 5.34. The first kappa shape index (κ1) is 25.8. The molecule has 4 N–H and O–H groups in total. The normalized spacial score (nSPS) is 17.8. The summed E-state index contributed by atoms with van der Waals surface area (Å²) in [5, 5.41) is 17.8. The van der Waals surface area contributed by atoms with Crippen molar-refractivity contribution in [1.29, 1.82) is 0 Å². The van der Waals surface area contributed by atoms with Crippen molar-refractivity contribution in [2.45, 2.75) is 44.0 Å². The fraction of sp³-hybridized carbons (Fsp3) is 0.241. The number of amides is 1. The van der Waals surface area contributed by atoms with E-state index in [-0.39, 0.29) is 34.4 Å². The summed E-state index contributed by atoms with van der Waals surface area (Å²) >= 11 is 0. The molecule has 6 rings (SSSR count). The Labute approximate surface area is 226 Å². The van der Waals surface area contributed by atoms with E-state index in [1.807, 2.05) is 24.3 Å². The molecule has 40 heavy (non-hydrogen) atoms. The van der Waals surface area contributed by atoms with Crippen LogP contribution in [0.1, 0.15) is 41.9 Å². The van der Waals surface area contributed by atoms with Crippen molar-refractivity contribution in [1.82, 2.24) is 19.7 Å². The summed E-state index contributed by atoms with van der Waals surface area (Å²) in [5.41, 5.74) is 6.85. The Kier molecular flexibility index (Phi) is 6.38. The molecule has 0 aliphatic heterocycles. The Hall–Kier alpha value is -4.51. The van der Waals surface area contributed by atoms with Gasteiger partial charge in [-0.2, -0.15) is 18.3 Å². The van der Waals surface area contributed by atoms with E-state index in [1.54, 1.807) is 30.5 Å². The molecule has 1 fully saturated rings. The molecule has 1 aliphatic carbocycles. The summed E-state index contributed by atoms with van der Waals surface area (Å²) in [7, 11) is 0. The van der Waals surface area contributed by atoms with Crippen LogP contribution in [-0.4, -0.2) is 42.9 Å². The van der Waals surface area contributed by atoms with Crippen LogP contribution in [0.3, 0.4) is 0 Å². The number of carbonyl (C=O) groups excluding carboxylic acids is 1. The van der Waals surface area contributed by atoms with Crippen molar-refractivity contribution in [3.63, 3.8) is 0 Å². The maximum absolute atomic E-state index is 14.4. The van der Waals surface area contributed by atoms with Gasteiger partial charge < -0.3 is 16.2 Å². The Morgan fingerprint density at radius 2 is 1.77 bits per heavy atom. The Morgan fingerprint density at radius 3 is 2.52 bits per heavy atom. The van der Waals surface area contributed by atoms with Crippen LogP contribution >= 0.6 is 0 Å². The van der Waals surface area contributed by atoms with Crippen LogP contribution in [-0.2, 0) is 6.18 Å². The molecular formula is C29H25F3N6O2. The zero-order valence-electron chi connectivity index (χ0n) is 21.2. The van der Waals surface area contributed by atoms with Gasteiger partial charge in [0.05, 0.1) is 34.7 Å². The molecule has 0 spiro atoms. The molecule has 204 valence electrons. The van der Waals surface area contributed by atoms with Gasteiger partial charge in [-0.3, -0.25) is 9.78 Å². The first-order valence-corrected chi connectivity index (χ1v) is 12.9. The molecule has 0 bridgehead atoms. The molecule has 1 saturated carbocycles. The Morgan fingerprint density at radius 1 is 1.00 bits per heavy atom. The third kappa shape index (κ3) is 4.73. The van der Waals surface area contributed by atoms with Crippen molar-refractivity contribution in [2.24, 2.45) is 5.73 Å². The highest BCUT2D eigenvalue weighted by Crippen LogP contribution is 2.40. The number of halogens is 3. The molecule has 1 aliphatic rings. The number of benzene rings is 2. The van der Waals surface area contributed by atoms with Crippen molar-refractivity contribution in [2.75, 3.05) is 5.32 Å². The first-order valence-electron chi connectivity index (χ1n) is 12.9. The predicted molar refractivity (Wildman–Crippen MR) is 145 cm³/mol. The van der Waals surface area contributed by atoms with Gasteiger partial charge in [0.1, 0.15) is 0 Å². The number of nitrogens with one attached hydrogen (secondary N) is 1. The number of pyridine rings is 2. The molecule has 1 amide bonds. The van der Waals surface area contributed by atoms with Crippen LogP contribution in [0.25, 0.3) is 38.6 Å². The van der Waals surface area contributed by atoms with E-state index in [9.17, 15) is 23.1 Å². The molecule has 5 aromatic rings. The summed E-state index contributed by atoms with van der Waals surface area (Å²) in [6.07, 6.45) is 0.248. The number of aromatic nitrogens is 4. The Balaban J connectivity index is 1.50. The standard InChI is InChI=1S/C29H25F3N6O2/c30-29(31,32)27-25-21(17-12-16-4-1-2-6-22(16)34-14-17)5-3-7-24(25)38(37-27)19-13-23(26(28(33)40)35-15-19)36-18-8-10-20(39)11-9-18/h1-7,12-15,18,20,36,39H,8-11H2,(H2,33,40). The van der Waals surface area contributed by atoms with E-state index in [2.05, 4.69) is 20.4 Å². The number of nitrogens with zero attached hydrogens (tertiary/aromatic N) is 4. The van der Waals surface area contributed by atoms with E-state index < -0.39 is 17.8 Å². The van der Waals surface area contributed by atoms with Crippen LogP contribution < -0.4 is 11.1 Å². The number of primary amides is 1. The van der Waals surface area contributed by atoms with Crippen LogP contribution in [0.15, 0.2) is 67.0 Å². The van der Waals surface area contributed by atoms with E-state index in [4.69, 9.17) is 5.73 Å². The smallest absolute Gasteiger partial charge is 0.393 e. The molecule has 8 nitrogen and oxygen atoms in total. The van der Waals surface area contributed by atoms with Crippen molar-refractivity contribution in [3.05, 3.63) is 78.4 Å². The number of hydrogen-bond donors (Lipinski definition) is 3. The van der Waals surface area contributed by atoms with E-state index in [1.165, 1.54) is 16.9 Å². The third-order valence-electron chi connectivity index (χ3n) is 7.29. The topological polar surface area (TPSA) is 119 Å².